The van der Waals surface area contributed by atoms with Crippen molar-refractivity contribution in [3.8, 4) is 0 Å². The topological polar surface area (TPSA) is 49.5 Å². The molecule has 3 atom stereocenters. The highest BCUT2D eigenvalue weighted by atomic mass is 28.4. The van der Waals surface area contributed by atoms with Crippen LogP contribution in [0.3, 0.4) is 0 Å². The van der Waals surface area contributed by atoms with E-state index in [1.165, 1.54) is 0 Å². The van der Waals surface area contributed by atoms with Gasteiger partial charge in [0.25, 0.3) is 0 Å². The van der Waals surface area contributed by atoms with Crippen molar-refractivity contribution in [1.29, 1.82) is 0 Å². The Morgan fingerprint density at radius 3 is 2.25 bits per heavy atom. The van der Waals surface area contributed by atoms with Gasteiger partial charge in [0, 0.05) is 21.3 Å². The zero-order valence-electron chi connectivity index (χ0n) is 13.3. The van der Waals surface area contributed by atoms with E-state index < -0.39 is 8.80 Å². The predicted octanol–water partition coefficient (Wildman–Crippen LogP) is 2.39. The highest BCUT2D eigenvalue weighted by Gasteiger charge is 2.50. The lowest BCUT2D eigenvalue weighted by Gasteiger charge is -2.36. The average Bonchev–Trinajstić information content (AvgIpc) is 3.30. The van der Waals surface area contributed by atoms with Gasteiger partial charge in [-0.2, -0.15) is 0 Å². The Morgan fingerprint density at radius 1 is 1.25 bits per heavy atom. The maximum absolute atomic E-state index is 6.02. The van der Waals surface area contributed by atoms with Gasteiger partial charge in [-0.15, -0.1) is 0 Å². The van der Waals surface area contributed by atoms with Crippen LogP contribution in [-0.4, -0.2) is 55.6 Å². The van der Waals surface area contributed by atoms with E-state index in [2.05, 4.69) is 13.0 Å². The second-order valence-corrected chi connectivity index (χ2v) is 8.04. The van der Waals surface area contributed by atoms with Gasteiger partial charge in [0.05, 0.1) is 24.9 Å². The van der Waals surface area contributed by atoms with Gasteiger partial charge in [-0.1, -0.05) is 19.1 Å². The maximum Gasteiger partial charge on any atom is 0.506 e. The lowest BCUT2D eigenvalue weighted by atomic mass is 10.1. The van der Waals surface area contributed by atoms with Crippen molar-refractivity contribution in [1.82, 2.24) is 0 Å². The quantitative estimate of drug-likeness (QED) is 0.333. The minimum Gasteiger partial charge on any atom is -0.377 e. The van der Waals surface area contributed by atoms with E-state index in [-0.39, 0.29) is 17.7 Å². The largest absolute Gasteiger partial charge is 0.506 e. The van der Waals surface area contributed by atoms with Gasteiger partial charge >= 0.3 is 8.80 Å². The number of rotatable bonds is 11. The fourth-order valence-corrected chi connectivity index (χ4v) is 5.04. The molecule has 118 valence electrons. The zero-order chi connectivity index (χ0) is 15.0. The number of allylic oxidation sites excluding steroid dienone is 2. The van der Waals surface area contributed by atoms with Crippen LogP contribution in [0.1, 0.15) is 26.7 Å². The van der Waals surface area contributed by atoms with Gasteiger partial charge in [0.2, 0.25) is 0 Å². The Hall–Kier alpha value is -0.243. The predicted molar refractivity (Wildman–Crippen MR) is 79.7 cm³/mol. The SMILES string of the molecule is CC=CCC(C(CC)OCC1CO1)[Si](OC)(OC)OC. The molecule has 0 radical (unpaired) electrons. The van der Waals surface area contributed by atoms with Crippen molar-refractivity contribution in [3.05, 3.63) is 12.2 Å². The minimum atomic E-state index is -2.74. The van der Waals surface area contributed by atoms with Gasteiger partial charge in [-0.05, 0) is 19.8 Å². The molecule has 1 aliphatic rings. The third-order valence-electron chi connectivity index (χ3n) is 3.68. The van der Waals surface area contributed by atoms with Gasteiger partial charge in [0.1, 0.15) is 6.10 Å². The molecule has 1 saturated heterocycles. The lowest BCUT2D eigenvalue weighted by Crippen LogP contribution is -2.52. The minimum absolute atomic E-state index is 0.0434. The van der Waals surface area contributed by atoms with Gasteiger partial charge in [-0.25, -0.2) is 0 Å². The van der Waals surface area contributed by atoms with Crippen LogP contribution in [0.25, 0.3) is 0 Å². The fraction of sp³-hybridized carbons (Fsp3) is 0.857. The zero-order valence-corrected chi connectivity index (χ0v) is 14.3. The maximum atomic E-state index is 6.02. The molecule has 6 heteroatoms. The summed E-state index contributed by atoms with van der Waals surface area (Å²) < 4.78 is 28.2. The van der Waals surface area contributed by atoms with Crippen molar-refractivity contribution < 1.29 is 22.8 Å². The van der Waals surface area contributed by atoms with Crippen molar-refractivity contribution >= 4 is 8.80 Å². The molecule has 20 heavy (non-hydrogen) atoms. The van der Waals surface area contributed by atoms with E-state index in [9.17, 15) is 0 Å². The normalized spacial score (nSPS) is 22.1. The summed E-state index contributed by atoms with van der Waals surface area (Å²) in [6, 6.07) is 0. The van der Waals surface area contributed by atoms with Crippen LogP contribution in [0.15, 0.2) is 12.2 Å². The summed E-state index contributed by atoms with van der Waals surface area (Å²) in [5, 5.41) is 0. The summed E-state index contributed by atoms with van der Waals surface area (Å²) in [4.78, 5) is 0. The molecular weight excluding hydrogens is 276 g/mol. The monoisotopic (exact) mass is 304 g/mol. The van der Waals surface area contributed by atoms with Crippen molar-refractivity contribution in [2.75, 3.05) is 34.5 Å². The second-order valence-electron chi connectivity index (χ2n) is 4.86. The highest BCUT2D eigenvalue weighted by Crippen LogP contribution is 2.35. The Balaban J connectivity index is 2.81. The molecule has 0 bridgehead atoms. The molecule has 0 aliphatic carbocycles. The molecule has 3 unspecified atom stereocenters. The van der Waals surface area contributed by atoms with Crippen LogP contribution < -0.4 is 0 Å². The molecule has 0 aromatic carbocycles. The summed E-state index contributed by atoms with van der Waals surface area (Å²) in [5.41, 5.74) is 0.0856. The van der Waals surface area contributed by atoms with E-state index >= 15 is 0 Å². The van der Waals surface area contributed by atoms with Gasteiger partial charge < -0.3 is 22.8 Å². The van der Waals surface area contributed by atoms with Crippen LogP contribution in [-0.2, 0) is 22.8 Å². The summed E-state index contributed by atoms with van der Waals surface area (Å²) in [7, 11) is 2.22. The molecule has 0 aromatic heterocycles. The average molecular weight is 304 g/mol. The highest BCUT2D eigenvalue weighted by molar-refractivity contribution is 6.62. The summed E-state index contributed by atoms with van der Waals surface area (Å²) in [6.45, 7) is 5.55. The molecule has 0 saturated carbocycles. The molecule has 5 nitrogen and oxygen atoms in total. The summed E-state index contributed by atoms with van der Waals surface area (Å²) in [6.07, 6.45) is 6.16. The third kappa shape index (κ3) is 4.65. The van der Waals surface area contributed by atoms with E-state index in [1.807, 2.05) is 13.0 Å². The Kier molecular flexibility index (Phi) is 7.94. The number of hydrogen-bond donors (Lipinski definition) is 0. The Labute approximate surface area is 123 Å². The molecule has 1 heterocycles. The first-order valence-electron chi connectivity index (χ1n) is 7.17. The van der Waals surface area contributed by atoms with Crippen LogP contribution in [0.4, 0.5) is 0 Å². The standard InChI is InChI=1S/C14H28O5Si/c1-6-8-9-14(20(15-3,16-4)17-5)13(7-2)19-11-12-10-18-12/h6,8,12-14H,7,9-11H2,1-5H3. The number of hydrogen-bond acceptors (Lipinski definition) is 5. The molecule has 1 aliphatic heterocycles. The summed E-state index contributed by atoms with van der Waals surface area (Å²) >= 11 is 0. The van der Waals surface area contributed by atoms with Crippen LogP contribution in [0, 0.1) is 0 Å². The summed E-state index contributed by atoms with van der Waals surface area (Å²) in [5.74, 6) is 0. The first kappa shape index (κ1) is 17.8. The molecule has 0 amide bonds. The van der Waals surface area contributed by atoms with Crippen LogP contribution in [0.5, 0.6) is 0 Å². The molecule has 0 spiro atoms. The fourth-order valence-electron chi connectivity index (χ4n) is 2.42. The molecule has 0 aromatic rings. The first-order chi connectivity index (χ1) is 9.67. The molecule has 1 rings (SSSR count). The van der Waals surface area contributed by atoms with E-state index in [0.29, 0.717) is 6.61 Å². The Morgan fingerprint density at radius 2 is 1.85 bits per heavy atom. The van der Waals surface area contributed by atoms with Crippen molar-refractivity contribution in [3.63, 3.8) is 0 Å². The van der Waals surface area contributed by atoms with Crippen molar-refractivity contribution in [2.24, 2.45) is 0 Å². The van der Waals surface area contributed by atoms with E-state index in [0.717, 1.165) is 19.4 Å². The van der Waals surface area contributed by atoms with Gasteiger partial charge in [-0.3, -0.25) is 0 Å². The molecule has 0 N–H and O–H groups in total. The number of ether oxygens (including phenoxy) is 2. The first-order valence-corrected chi connectivity index (χ1v) is 8.97. The smallest absolute Gasteiger partial charge is 0.377 e. The van der Waals surface area contributed by atoms with Crippen LogP contribution in [0.2, 0.25) is 5.54 Å². The van der Waals surface area contributed by atoms with Crippen LogP contribution >= 0.6 is 0 Å². The lowest BCUT2D eigenvalue weighted by molar-refractivity contribution is 0.00887. The number of epoxide rings is 1. The third-order valence-corrected chi connectivity index (χ3v) is 6.91. The van der Waals surface area contributed by atoms with E-state index in [4.69, 9.17) is 22.8 Å². The molecule has 1 fully saturated rings. The second kappa shape index (κ2) is 8.91. The van der Waals surface area contributed by atoms with Crippen molar-refractivity contribution in [2.45, 2.75) is 44.4 Å². The molecular formula is C14H28O5Si. The van der Waals surface area contributed by atoms with E-state index in [1.54, 1.807) is 21.3 Å². The Bertz CT molecular complexity index is 281. The van der Waals surface area contributed by atoms with Gasteiger partial charge in [0.15, 0.2) is 0 Å².